The number of amides is 4. The molecule has 0 spiro atoms. The molecule has 1 aromatic heterocycles. The average Bonchev–Trinajstić information content (AvgIpc) is 3.54. The van der Waals surface area contributed by atoms with Gasteiger partial charge >= 0.3 is 12.1 Å². The van der Waals surface area contributed by atoms with Crippen molar-refractivity contribution in [2.24, 2.45) is 11.7 Å². The zero-order chi connectivity index (χ0) is 29.8. The predicted octanol–water partition coefficient (Wildman–Crippen LogP) is 2.42. The lowest BCUT2D eigenvalue weighted by Crippen LogP contribution is -2.46. The van der Waals surface area contributed by atoms with E-state index in [1.54, 1.807) is 13.8 Å². The molecule has 12 nitrogen and oxygen atoms in total. The molecule has 15 heteroatoms. The minimum Gasteiger partial charge on any atom is -0.454 e. The number of carbonyl (C=O) groups is 5. The molecule has 2 aliphatic rings. The van der Waals surface area contributed by atoms with Crippen LogP contribution in [0.4, 0.5) is 20.6 Å². The first kappa shape index (κ1) is 30.4. The summed E-state index contributed by atoms with van der Waals surface area (Å²) in [5, 5.41) is 0. The van der Waals surface area contributed by atoms with Crippen LogP contribution < -0.4 is 15.5 Å². The molecule has 4 amide bonds. The summed E-state index contributed by atoms with van der Waals surface area (Å²) in [6, 6.07) is 5.93. The van der Waals surface area contributed by atoms with Gasteiger partial charge in [-0.2, -0.15) is 0 Å². The van der Waals surface area contributed by atoms with Crippen molar-refractivity contribution in [1.82, 2.24) is 4.90 Å². The Kier molecular flexibility index (Phi) is 9.58. The molecule has 2 saturated heterocycles. The number of hydrogen-bond donors (Lipinski definition) is 1. The van der Waals surface area contributed by atoms with Crippen LogP contribution >= 0.6 is 22.9 Å². The molecule has 2 atom stereocenters. The van der Waals surface area contributed by atoms with Crippen LogP contribution in [0.15, 0.2) is 30.3 Å². The second kappa shape index (κ2) is 12.9. The summed E-state index contributed by atoms with van der Waals surface area (Å²) in [5.41, 5.74) is 5.98. The minimum absolute atomic E-state index is 0.104. The van der Waals surface area contributed by atoms with Gasteiger partial charge in [-0.15, -0.1) is 11.3 Å². The van der Waals surface area contributed by atoms with Gasteiger partial charge in [0.1, 0.15) is 24.6 Å². The van der Waals surface area contributed by atoms with E-state index in [4.69, 9.17) is 31.5 Å². The van der Waals surface area contributed by atoms with E-state index >= 15 is 4.39 Å². The van der Waals surface area contributed by atoms with Crippen molar-refractivity contribution in [3.63, 3.8) is 0 Å². The standard InChI is InChI=1S/C26H28ClFN4O8S/c1-14(2)23(29)25(36)39-13-22(34)32(24(35)19-5-6-20(27)41-19)11-16-10-31(26(37)40-16)18-4-3-15(9-17(18)28)30-7-8-38-12-21(30)33/h3-6,9,14,16,23H,7-8,10-13,29H2,1-2H3/t16-,23+/m1/s1. The molecule has 0 saturated carbocycles. The summed E-state index contributed by atoms with van der Waals surface area (Å²) < 4.78 is 30.9. The number of halogens is 2. The molecule has 2 aliphatic heterocycles. The molecule has 2 N–H and O–H groups in total. The maximum absolute atomic E-state index is 15.1. The number of hydrogen-bond acceptors (Lipinski definition) is 10. The Morgan fingerprint density at radius 1 is 1.22 bits per heavy atom. The highest BCUT2D eigenvalue weighted by Crippen LogP contribution is 2.30. The molecule has 2 fully saturated rings. The Bertz CT molecular complexity index is 1350. The largest absolute Gasteiger partial charge is 0.454 e. The topological polar surface area (TPSA) is 149 Å². The number of nitrogens with two attached hydrogens (primary N) is 1. The van der Waals surface area contributed by atoms with Gasteiger partial charge < -0.3 is 24.8 Å². The smallest absolute Gasteiger partial charge is 0.414 e. The van der Waals surface area contributed by atoms with E-state index in [-0.39, 0.29) is 42.1 Å². The predicted molar refractivity (Wildman–Crippen MR) is 146 cm³/mol. The van der Waals surface area contributed by atoms with Crippen LogP contribution in [0.25, 0.3) is 0 Å². The zero-order valence-corrected chi connectivity index (χ0v) is 23.8. The number of nitrogens with zero attached hydrogens (tertiary/aromatic N) is 3. The number of rotatable bonds is 9. The van der Waals surface area contributed by atoms with Crippen molar-refractivity contribution in [2.45, 2.75) is 26.0 Å². The number of anilines is 2. The normalized spacial score (nSPS) is 18.0. The number of ether oxygens (including phenoxy) is 3. The summed E-state index contributed by atoms with van der Waals surface area (Å²) in [4.78, 5) is 66.6. The molecule has 4 rings (SSSR count). The third-order valence-corrected chi connectivity index (χ3v) is 7.66. The van der Waals surface area contributed by atoms with Gasteiger partial charge in [0.05, 0.1) is 34.6 Å². The van der Waals surface area contributed by atoms with Crippen molar-refractivity contribution >= 4 is 64.1 Å². The van der Waals surface area contributed by atoms with E-state index in [1.165, 1.54) is 29.2 Å². The van der Waals surface area contributed by atoms with Crippen molar-refractivity contribution in [1.29, 1.82) is 0 Å². The number of benzene rings is 1. The lowest BCUT2D eigenvalue weighted by atomic mass is 10.1. The van der Waals surface area contributed by atoms with Crippen molar-refractivity contribution in [3.05, 3.63) is 45.4 Å². The molecule has 0 radical (unpaired) electrons. The fourth-order valence-electron chi connectivity index (χ4n) is 4.13. The monoisotopic (exact) mass is 610 g/mol. The van der Waals surface area contributed by atoms with Crippen molar-refractivity contribution < 1.29 is 42.6 Å². The Labute approximate surface area is 243 Å². The van der Waals surface area contributed by atoms with Gasteiger partial charge in [-0.25, -0.2) is 9.18 Å². The molecular formula is C26H28ClFN4O8S. The maximum atomic E-state index is 15.1. The highest BCUT2D eigenvalue weighted by atomic mass is 35.5. The zero-order valence-electron chi connectivity index (χ0n) is 22.2. The van der Waals surface area contributed by atoms with Crippen LogP contribution in [-0.2, 0) is 28.6 Å². The highest BCUT2D eigenvalue weighted by Gasteiger charge is 2.38. The molecule has 3 heterocycles. The summed E-state index contributed by atoms with van der Waals surface area (Å²) in [6.07, 6.45) is -1.92. The number of carbonyl (C=O) groups excluding carboxylic acids is 5. The number of thiophene rings is 1. The van der Waals surface area contributed by atoms with Gasteiger partial charge in [-0.3, -0.25) is 29.0 Å². The molecule has 0 unspecified atom stereocenters. The van der Waals surface area contributed by atoms with Gasteiger partial charge in [0.2, 0.25) is 0 Å². The molecule has 1 aromatic carbocycles. The fourth-order valence-corrected chi connectivity index (χ4v) is 5.12. The fraction of sp³-hybridized carbons (Fsp3) is 0.423. The first-order valence-electron chi connectivity index (χ1n) is 12.6. The molecule has 0 bridgehead atoms. The number of morpholine rings is 1. The van der Waals surface area contributed by atoms with Gasteiger partial charge in [-0.05, 0) is 36.2 Å². The summed E-state index contributed by atoms with van der Waals surface area (Å²) in [7, 11) is 0. The summed E-state index contributed by atoms with van der Waals surface area (Å²) >= 11 is 6.89. The van der Waals surface area contributed by atoms with E-state index in [0.29, 0.717) is 16.6 Å². The van der Waals surface area contributed by atoms with Gasteiger partial charge in [0.25, 0.3) is 17.7 Å². The SMILES string of the molecule is CC(C)[C@H](N)C(=O)OCC(=O)N(C[C@H]1CN(c2ccc(N3CCOCC3=O)cc2F)C(=O)O1)C(=O)c1ccc(Cl)s1. The van der Waals surface area contributed by atoms with Crippen LogP contribution in [0, 0.1) is 11.7 Å². The Morgan fingerprint density at radius 2 is 1.98 bits per heavy atom. The first-order valence-corrected chi connectivity index (χ1v) is 13.8. The van der Waals surface area contributed by atoms with Crippen LogP contribution in [0.5, 0.6) is 0 Å². The second-order valence-corrected chi connectivity index (χ2v) is 11.4. The lowest BCUT2D eigenvalue weighted by molar-refractivity contribution is -0.153. The van der Waals surface area contributed by atoms with Crippen molar-refractivity contribution in [2.75, 3.05) is 49.3 Å². The molecule has 2 aromatic rings. The van der Waals surface area contributed by atoms with Crippen LogP contribution in [0.2, 0.25) is 4.34 Å². The Balaban J connectivity index is 1.48. The van der Waals surface area contributed by atoms with Crippen molar-refractivity contribution in [3.8, 4) is 0 Å². The summed E-state index contributed by atoms with van der Waals surface area (Å²) in [6.45, 7) is 2.52. The Morgan fingerprint density at radius 3 is 2.61 bits per heavy atom. The first-order chi connectivity index (χ1) is 19.5. The second-order valence-electron chi connectivity index (χ2n) is 9.64. The van der Waals surface area contributed by atoms with Gasteiger partial charge in [-0.1, -0.05) is 25.4 Å². The van der Waals surface area contributed by atoms with E-state index in [1.807, 2.05) is 0 Å². The quantitative estimate of drug-likeness (QED) is 0.422. The molecule has 41 heavy (non-hydrogen) atoms. The van der Waals surface area contributed by atoms with E-state index in [2.05, 4.69) is 0 Å². The Hall–Kier alpha value is -3.59. The number of imide groups is 1. The average molecular weight is 611 g/mol. The van der Waals surface area contributed by atoms with Gasteiger partial charge in [0, 0.05) is 12.2 Å². The lowest BCUT2D eigenvalue weighted by Gasteiger charge is -2.27. The third kappa shape index (κ3) is 7.01. The van der Waals surface area contributed by atoms with E-state index < -0.39 is 55.0 Å². The van der Waals surface area contributed by atoms with Crippen LogP contribution in [-0.4, -0.2) is 86.3 Å². The molecular weight excluding hydrogens is 583 g/mol. The maximum Gasteiger partial charge on any atom is 0.414 e. The highest BCUT2D eigenvalue weighted by molar-refractivity contribution is 7.18. The third-order valence-electron chi connectivity index (χ3n) is 6.44. The molecule has 0 aliphatic carbocycles. The number of esters is 1. The van der Waals surface area contributed by atoms with Crippen LogP contribution in [0.1, 0.15) is 23.5 Å². The number of cyclic esters (lactones) is 1. The van der Waals surface area contributed by atoms with E-state index in [9.17, 15) is 24.0 Å². The summed E-state index contributed by atoms with van der Waals surface area (Å²) in [5.74, 6) is -3.75. The van der Waals surface area contributed by atoms with Gasteiger partial charge in [0.15, 0.2) is 6.61 Å². The van der Waals surface area contributed by atoms with Crippen LogP contribution in [0.3, 0.4) is 0 Å². The van der Waals surface area contributed by atoms with E-state index in [0.717, 1.165) is 27.2 Å². The molecule has 220 valence electrons. The minimum atomic E-state index is -1.03.